The van der Waals surface area contributed by atoms with Crippen molar-refractivity contribution in [3.63, 3.8) is 0 Å². The summed E-state index contributed by atoms with van der Waals surface area (Å²) in [5.41, 5.74) is 8.81. The number of rotatable bonds is 9. The van der Waals surface area contributed by atoms with E-state index in [1.165, 1.54) is 16.7 Å². The first-order valence-corrected chi connectivity index (χ1v) is 17.1. The number of hydrogen-bond donors (Lipinski definition) is 2. The first-order chi connectivity index (χ1) is 22.8. The van der Waals surface area contributed by atoms with Crippen molar-refractivity contribution >= 4 is 56.9 Å². The minimum absolute atomic E-state index is 0.0757. The molecule has 0 aliphatic heterocycles. The molecular formula is C42H45N3O2S. The summed E-state index contributed by atoms with van der Waals surface area (Å²) in [7, 11) is 0. The van der Waals surface area contributed by atoms with Crippen molar-refractivity contribution in [3.05, 3.63) is 138 Å². The van der Waals surface area contributed by atoms with Crippen LogP contribution in [0.25, 0.3) is 0 Å². The number of anilines is 6. The van der Waals surface area contributed by atoms with E-state index in [9.17, 15) is 9.59 Å². The van der Waals surface area contributed by atoms with Gasteiger partial charge in [0.1, 0.15) is 0 Å². The van der Waals surface area contributed by atoms with Gasteiger partial charge in [-0.25, -0.2) is 0 Å². The SMILES string of the molecule is Cc1c(C(C)(C)C)cc(SC(=O)CC(=O)N(c2ccccc2)c2ccc(Nc3ccc(Nc4ccccc4)cc3)cc2)cc1C(C)(C)C. The molecule has 1 amide bonds. The van der Waals surface area contributed by atoms with Gasteiger partial charge in [0, 0.05) is 39.0 Å². The van der Waals surface area contributed by atoms with E-state index in [-0.39, 0.29) is 28.3 Å². The Morgan fingerprint density at radius 2 is 0.979 bits per heavy atom. The molecule has 0 bridgehead atoms. The third kappa shape index (κ3) is 8.75. The second-order valence-corrected chi connectivity index (χ2v) is 15.2. The number of hydrogen-bond acceptors (Lipinski definition) is 5. The van der Waals surface area contributed by atoms with E-state index >= 15 is 0 Å². The van der Waals surface area contributed by atoms with Crippen molar-refractivity contribution in [2.45, 2.75) is 70.6 Å². The van der Waals surface area contributed by atoms with Crippen LogP contribution in [0.5, 0.6) is 0 Å². The van der Waals surface area contributed by atoms with E-state index in [4.69, 9.17) is 0 Å². The molecule has 0 aromatic heterocycles. The Kier molecular flexibility index (Phi) is 10.4. The van der Waals surface area contributed by atoms with Crippen LogP contribution < -0.4 is 15.5 Å². The van der Waals surface area contributed by atoms with Gasteiger partial charge in [-0.15, -0.1) is 0 Å². The summed E-state index contributed by atoms with van der Waals surface area (Å²) in [6.07, 6.45) is -0.230. The van der Waals surface area contributed by atoms with Gasteiger partial charge in [-0.3, -0.25) is 14.5 Å². The maximum absolute atomic E-state index is 13.9. The van der Waals surface area contributed by atoms with Gasteiger partial charge in [-0.2, -0.15) is 0 Å². The molecule has 0 aliphatic carbocycles. The minimum atomic E-state index is -0.278. The number of carbonyl (C=O) groups excluding carboxylic acids is 2. The highest BCUT2D eigenvalue weighted by Crippen LogP contribution is 2.38. The molecule has 6 heteroatoms. The standard InChI is InChI=1S/C42H45N3O2S/c1-29-37(41(2,3)4)26-36(27-38(29)42(5,6)7)48-40(47)28-39(46)45(34-16-12-9-13-17-34)35-24-22-33(23-25-35)44-32-20-18-31(19-21-32)43-30-14-10-8-11-15-30/h8-27,43-44H,28H2,1-7H3. The van der Waals surface area contributed by atoms with Crippen LogP contribution in [0.4, 0.5) is 34.1 Å². The highest BCUT2D eigenvalue weighted by molar-refractivity contribution is 8.13. The van der Waals surface area contributed by atoms with Crippen LogP contribution in [0.3, 0.4) is 0 Å². The molecule has 5 rings (SSSR count). The van der Waals surface area contributed by atoms with E-state index in [1.807, 2.05) is 109 Å². The minimum Gasteiger partial charge on any atom is -0.356 e. The molecule has 0 heterocycles. The molecule has 246 valence electrons. The Hall–Kier alpha value is -4.81. The van der Waals surface area contributed by atoms with Crippen LogP contribution in [-0.2, 0) is 20.4 Å². The average Bonchev–Trinajstić information content (AvgIpc) is 3.03. The van der Waals surface area contributed by atoms with Crippen LogP contribution in [-0.4, -0.2) is 11.0 Å². The lowest BCUT2D eigenvalue weighted by Crippen LogP contribution is -2.27. The van der Waals surface area contributed by atoms with Gasteiger partial charge in [0.2, 0.25) is 11.0 Å². The van der Waals surface area contributed by atoms with Gasteiger partial charge in [0.15, 0.2) is 0 Å². The normalized spacial score (nSPS) is 11.6. The highest BCUT2D eigenvalue weighted by atomic mass is 32.2. The fourth-order valence-corrected chi connectivity index (χ4v) is 6.69. The smallest absolute Gasteiger partial charge is 0.239 e. The third-order valence-electron chi connectivity index (χ3n) is 8.15. The Morgan fingerprint density at radius 3 is 1.44 bits per heavy atom. The van der Waals surface area contributed by atoms with Crippen molar-refractivity contribution in [1.82, 2.24) is 0 Å². The molecule has 0 saturated carbocycles. The lowest BCUT2D eigenvalue weighted by Gasteiger charge is -2.29. The summed E-state index contributed by atoms with van der Waals surface area (Å²) in [6, 6.07) is 39.6. The number of nitrogens with one attached hydrogen (secondary N) is 2. The van der Waals surface area contributed by atoms with Crippen molar-refractivity contribution < 1.29 is 9.59 Å². The fraction of sp³-hybridized carbons (Fsp3) is 0.238. The summed E-state index contributed by atoms with van der Waals surface area (Å²) in [5.74, 6) is -0.278. The molecule has 0 spiro atoms. The van der Waals surface area contributed by atoms with Crippen molar-refractivity contribution in [1.29, 1.82) is 0 Å². The van der Waals surface area contributed by atoms with Crippen LogP contribution in [0.15, 0.2) is 126 Å². The second-order valence-electron chi connectivity index (χ2n) is 14.1. The molecule has 48 heavy (non-hydrogen) atoms. The van der Waals surface area contributed by atoms with Gasteiger partial charge in [-0.1, -0.05) is 89.7 Å². The summed E-state index contributed by atoms with van der Waals surface area (Å²) in [5, 5.41) is 6.64. The molecule has 2 N–H and O–H groups in total. The molecule has 5 aromatic rings. The number of nitrogens with zero attached hydrogens (tertiary/aromatic N) is 1. The molecule has 0 unspecified atom stereocenters. The summed E-state index contributed by atoms with van der Waals surface area (Å²) >= 11 is 1.15. The van der Waals surface area contributed by atoms with E-state index in [2.05, 4.69) is 71.2 Å². The Balaban J connectivity index is 1.31. The summed E-state index contributed by atoms with van der Waals surface area (Å²) in [4.78, 5) is 29.8. The Bertz CT molecular complexity index is 1820. The Labute approximate surface area is 289 Å². The van der Waals surface area contributed by atoms with Crippen LogP contribution in [0.1, 0.15) is 64.7 Å². The lowest BCUT2D eigenvalue weighted by atomic mass is 9.77. The lowest BCUT2D eigenvalue weighted by molar-refractivity contribution is -0.122. The van der Waals surface area contributed by atoms with Gasteiger partial charge in [0.05, 0.1) is 6.42 Å². The van der Waals surface area contributed by atoms with Gasteiger partial charge in [0.25, 0.3) is 0 Å². The molecule has 0 fully saturated rings. The van der Waals surface area contributed by atoms with Crippen molar-refractivity contribution in [3.8, 4) is 0 Å². The van der Waals surface area contributed by atoms with E-state index < -0.39 is 0 Å². The fourth-order valence-electron chi connectivity index (χ4n) is 5.87. The topological polar surface area (TPSA) is 61.4 Å². The van der Waals surface area contributed by atoms with Gasteiger partial charge in [-0.05, 0) is 119 Å². The molecule has 0 atom stereocenters. The summed E-state index contributed by atoms with van der Waals surface area (Å²) in [6.45, 7) is 15.3. The predicted molar refractivity (Wildman–Crippen MR) is 204 cm³/mol. The average molecular weight is 656 g/mol. The Morgan fingerprint density at radius 1 is 0.583 bits per heavy atom. The maximum Gasteiger partial charge on any atom is 0.239 e. The molecule has 5 nitrogen and oxygen atoms in total. The van der Waals surface area contributed by atoms with Crippen LogP contribution >= 0.6 is 11.8 Å². The predicted octanol–water partition coefficient (Wildman–Crippen LogP) is 11.5. The maximum atomic E-state index is 13.9. The second kappa shape index (κ2) is 14.5. The molecule has 0 saturated heterocycles. The summed E-state index contributed by atoms with van der Waals surface area (Å²) < 4.78 is 0. The van der Waals surface area contributed by atoms with Crippen LogP contribution in [0, 0.1) is 6.92 Å². The number of thioether (sulfide) groups is 1. The quantitative estimate of drug-likeness (QED) is 0.122. The van der Waals surface area contributed by atoms with Gasteiger partial charge >= 0.3 is 0 Å². The largest absolute Gasteiger partial charge is 0.356 e. The molecular weight excluding hydrogens is 611 g/mol. The number of amides is 1. The monoisotopic (exact) mass is 655 g/mol. The first kappa shape index (κ1) is 34.5. The molecule has 0 radical (unpaired) electrons. The zero-order valence-electron chi connectivity index (χ0n) is 28.9. The number of para-hydroxylation sites is 2. The van der Waals surface area contributed by atoms with E-state index in [1.54, 1.807) is 4.90 Å². The van der Waals surface area contributed by atoms with Crippen molar-refractivity contribution in [2.75, 3.05) is 15.5 Å². The highest BCUT2D eigenvalue weighted by Gasteiger charge is 2.26. The third-order valence-corrected chi connectivity index (χ3v) is 8.99. The van der Waals surface area contributed by atoms with Crippen LogP contribution in [0.2, 0.25) is 0 Å². The zero-order chi connectivity index (χ0) is 34.5. The molecule has 0 aliphatic rings. The van der Waals surface area contributed by atoms with Gasteiger partial charge < -0.3 is 10.6 Å². The van der Waals surface area contributed by atoms with E-state index in [0.29, 0.717) is 11.4 Å². The zero-order valence-corrected chi connectivity index (χ0v) is 29.7. The van der Waals surface area contributed by atoms with E-state index in [0.717, 1.165) is 39.4 Å². The van der Waals surface area contributed by atoms with Crippen molar-refractivity contribution in [2.24, 2.45) is 0 Å². The first-order valence-electron chi connectivity index (χ1n) is 16.3. The number of carbonyl (C=O) groups is 2. The number of benzene rings is 5. The molecule has 5 aromatic carbocycles.